The third-order valence-electron chi connectivity index (χ3n) is 7.44. The van der Waals surface area contributed by atoms with Crippen molar-refractivity contribution in [3.63, 3.8) is 0 Å². The molecule has 2 aromatic carbocycles. The maximum atomic E-state index is 13.3. The number of carbonyl (C=O) groups is 2. The fourth-order valence-corrected chi connectivity index (χ4v) is 5.63. The number of hydrogen-bond donors (Lipinski definition) is 0. The molecule has 6 nitrogen and oxygen atoms in total. The SMILES string of the molecule is COc1ccc(CN2C[C@]3(CC[C@@](c4ccccc4)(N(C)C)CC3)N(C(C)=O)C2=O)cc1. The first-order valence-electron chi connectivity index (χ1n) is 11.3. The van der Waals surface area contributed by atoms with Crippen molar-refractivity contribution >= 4 is 11.9 Å². The lowest BCUT2D eigenvalue weighted by molar-refractivity contribution is -0.131. The Labute approximate surface area is 190 Å². The average Bonchev–Trinajstić information content (AvgIpc) is 3.06. The first-order chi connectivity index (χ1) is 15.3. The standard InChI is InChI=1S/C26H33N3O3/c1-20(30)29-24(31)28(18-21-10-12-23(32-4)13-11-21)19-25(29)14-16-26(17-15-25,27(2)3)22-8-6-5-7-9-22/h5-13H,14-19H2,1-4H3/t25-,26-. The minimum absolute atomic E-state index is 0.0819. The summed E-state index contributed by atoms with van der Waals surface area (Å²) < 4.78 is 5.24. The molecule has 0 unspecified atom stereocenters. The number of hydrogen-bond acceptors (Lipinski definition) is 4. The van der Waals surface area contributed by atoms with Crippen LogP contribution in [-0.4, -0.2) is 59.9 Å². The average molecular weight is 436 g/mol. The number of nitrogens with zero attached hydrogens (tertiary/aromatic N) is 3. The zero-order valence-electron chi connectivity index (χ0n) is 19.5. The molecule has 2 fully saturated rings. The number of rotatable bonds is 5. The van der Waals surface area contributed by atoms with Crippen molar-refractivity contribution in [2.45, 2.75) is 50.2 Å². The summed E-state index contributed by atoms with van der Waals surface area (Å²) in [6.07, 6.45) is 3.39. The van der Waals surface area contributed by atoms with E-state index in [0.717, 1.165) is 37.0 Å². The highest BCUT2D eigenvalue weighted by atomic mass is 16.5. The van der Waals surface area contributed by atoms with Crippen LogP contribution in [0.1, 0.15) is 43.7 Å². The third-order valence-corrected chi connectivity index (χ3v) is 7.44. The second kappa shape index (κ2) is 8.58. The molecular weight excluding hydrogens is 402 g/mol. The van der Waals surface area contributed by atoms with Gasteiger partial charge in [0.05, 0.1) is 12.6 Å². The van der Waals surface area contributed by atoms with Crippen molar-refractivity contribution in [3.8, 4) is 5.75 Å². The highest BCUT2D eigenvalue weighted by molar-refractivity contribution is 5.96. The Bertz CT molecular complexity index is 964. The molecular formula is C26H33N3O3. The molecule has 0 bridgehead atoms. The largest absolute Gasteiger partial charge is 0.497 e. The number of methoxy groups -OCH3 is 1. The lowest BCUT2D eigenvalue weighted by Gasteiger charge is -2.50. The van der Waals surface area contributed by atoms with Crippen molar-refractivity contribution in [3.05, 3.63) is 65.7 Å². The molecule has 6 heteroatoms. The Kier molecular flexibility index (Phi) is 5.99. The van der Waals surface area contributed by atoms with Crippen molar-refractivity contribution in [2.24, 2.45) is 0 Å². The van der Waals surface area contributed by atoms with Crippen LogP contribution in [0, 0.1) is 0 Å². The van der Waals surface area contributed by atoms with Gasteiger partial charge in [0.2, 0.25) is 5.91 Å². The summed E-state index contributed by atoms with van der Waals surface area (Å²) in [6.45, 7) is 2.59. The molecule has 32 heavy (non-hydrogen) atoms. The first kappa shape index (κ1) is 22.3. The fraction of sp³-hybridized carbons (Fsp3) is 0.462. The fourth-order valence-electron chi connectivity index (χ4n) is 5.63. The van der Waals surface area contributed by atoms with Gasteiger partial charge in [0, 0.05) is 25.6 Å². The van der Waals surface area contributed by atoms with Crippen molar-refractivity contribution < 1.29 is 14.3 Å². The zero-order chi connectivity index (χ0) is 22.9. The minimum Gasteiger partial charge on any atom is -0.497 e. The summed E-state index contributed by atoms with van der Waals surface area (Å²) in [5.74, 6) is 0.626. The van der Waals surface area contributed by atoms with Gasteiger partial charge in [-0.15, -0.1) is 0 Å². The predicted molar refractivity (Wildman–Crippen MR) is 124 cm³/mol. The van der Waals surface area contributed by atoms with Gasteiger partial charge in [-0.1, -0.05) is 42.5 Å². The van der Waals surface area contributed by atoms with Gasteiger partial charge in [0.1, 0.15) is 5.75 Å². The lowest BCUT2D eigenvalue weighted by Crippen LogP contribution is -2.56. The molecule has 2 aliphatic rings. The van der Waals surface area contributed by atoms with Gasteiger partial charge in [-0.3, -0.25) is 14.6 Å². The molecule has 3 amide bonds. The van der Waals surface area contributed by atoms with Crippen LogP contribution in [-0.2, 0) is 16.9 Å². The highest BCUT2D eigenvalue weighted by Gasteiger charge is 2.55. The van der Waals surface area contributed by atoms with Crippen molar-refractivity contribution in [1.29, 1.82) is 0 Å². The van der Waals surface area contributed by atoms with E-state index >= 15 is 0 Å². The monoisotopic (exact) mass is 435 g/mol. The van der Waals surface area contributed by atoms with Crippen LogP contribution >= 0.6 is 0 Å². The summed E-state index contributed by atoms with van der Waals surface area (Å²) in [5.41, 5.74) is 1.81. The molecule has 2 aromatic rings. The van der Waals surface area contributed by atoms with Gasteiger partial charge in [-0.2, -0.15) is 0 Å². The summed E-state index contributed by atoms with van der Waals surface area (Å²) in [7, 11) is 5.90. The van der Waals surface area contributed by atoms with E-state index in [2.05, 4.69) is 43.3 Å². The maximum absolute atomic E-state index is 13.3. The summed E-state index contributed by atoms with van der Waals surface area (Å²) in [6, 6.07) is 18.2. The van der Waals surface area contributed by atoms with Crippen LogP contribution in [0.15, 0.2) is 54.6 Å². The number of carbonyl (C=O) groups excluding carboxylic acids is 2. The van der Waals surface area contributed by atoms with Gasteiger partial charge >= 0.3 is 6.03 Å². The van der Waals surface area contributed by atoms with Crippen LogP contribution in [0.25, 0.3) is 0 Å². The molecule has 1 heterocycles. The minimum atomic E-state index is -0.441. The molecule has 1 saturated heterocycles. The van der Waals surface area contributed by atoms with E-state index < -0.39 is 5.54 Å². The van der Waals surface area contributed by atoms with Gasteiger partial charge in [0.15, 0.2) is 0 Å². The zero-order valence-corrected chi connectivity index (χ0v) is 19.5. The van der Waals surface area contributed by atoms with Gasteiger partial charge < -0.3 is 9.64 Å². The van der Waals surface area contributed by atoms with E-state index in [1.54, 1.807) is 12.0 Å². The Hall–Kier alpha value is -2.86. The Morgan fingerprint density at radius 1 is 1.00 bits per heavy atom. The van der Waals surface area contributed by atoms with Crippen molar-refractivity contribution in [1.82, 2.24) is 14.7 Å². The summed E-state index contributed by atoms with van der Waals surface area (Å²) >= 11 is 0. The molecule has 0 N–H and O–H groups in total. The van der Waals surface area contributed by atoms with Crippen LogP contribution in [0.3, 0.4) is 0 Å². The quantitative estimate of drug-likeness (QED) is 0.705. The van der Waals surface area contributed by atoms with E-state index in [1.807, 2.05) is 35.2 Å². The third kappa shape index (κ3) is 3.77. The van der Waals surface area contributed by atoms with Crippen LogP contribution in [0.4, 0.5) is 4.79 Å². The molecule has 170 valence electrons. The van der Waals surface area contributed by atoms with Crippen LogP contribution in [0.5, 0.6) is 5.75 Å². The molecule has 1 saturated carbocycles. The smallest absolute Gasteiger partial charge is 0.327 e. The van der Waals surface area contributed by atoms with Crippen LogP contribution < -0.4 is 4.74 Å². The predicted octanol–water partition coefficient (Wildman–Crippen LogP) is 4.25. The van der Waals surface area contributed by atoms with Crippen LogP contribution in [0.2, 0.25) is 0 Å². The summed E-state index contributed by atoms with van der Waals surface area (Å²) in [4.78, 5) is 31.6. The molecule has 0 atom stereocenters. The molecule has 4 rings (SSSR count). The second-order valence-corrected chi connectivity index (χ2v) is 9.36. The lowest BCUT2D eigenvalue weighted by atomic mass is 9.68. The number of benzene rings is 2. The van der Waals surface area contributed by atoms with Gasteiger partial charge in [-0.05, 0) is 63.0 Å². The topological polar surface area (TPSA) is 53.1 Å². The van der Waals surface area contributed by atoms with Gasteiger partial charge in [0.25, 0.3) is 0 Å². The number of imide groups is 1. The molecule has 0 radical (unpaired) electrons. The van der Waals surface area contributed by atoms with E-state index in [0.29, 0.717) is 13.1 Å². The second-order valence-electron chi connectivity index (χ2n) is 9.36. The van der Waals surface area contributed by atoms with E-state index in [1.165, 1.54) is 12.5 Å². The number of amides is 3. The molecule has 0 aromatic heterocycles. The van der Waals surface area contributed by atoms with Gasteiger partial charge in [-0.25, -0.2) is 4.79 Å². The Balaban J connectivity index is 1.58. The molecule has 1 aliphatic carbocycles. The number of ether oxygens (including phenoxy) is 1. The Morgan fingerprint density at radius 2 is 1.62 bits per heavy atom. The number of urea groups is 1. The first-order valence-corrected chi connectivity index (χ1v) is 11.3. The maximum Gasteiger partial charge on any atom is 0.327 e. The molecule has 1 aliphatic heterocycles. The van der Waals surface area contributed by atoms with E-state index in [4.69, 9.17) is 4.74 Å². The normalized spacial score (nSPS) is 25.6. The summed E-state index contributed by atoms with van der Waals surface area (Å²) in [5, 5.41) is 0. The Morgan fingerprint density at radius 3 is 2.16 bits per heavy atom. The highest BCUT2D eigenvalue weighted by Crippen LogP contribution is 2.49. The van der Waals surface area contributed by atoms with Crippen molar-refractivity contribution in [2.75, 3.05) is 27.7 Å². The van der Waals surface area contributed by atoms with E-state index in [-0.39, 0.29) is 17.5 Å². The van der Waals surface area contributed by atoms with E-state index in [9.17, 15) is 9.59 Å². The molecule has 1 spiro atoms.